The minimum absolute atomic E-state index is 0.838. The highest BCUT2D eigenvalue weighted by atomic mass is 16.5. The minimum atomic E-state index is 0.838. The van der Waals surface area contributed by atoms with Crippen LogP contribution >= 0.6 is 0 Å². The van der Waals surface area contributed by atoms with Crippen LogP contribution in [0.25, 0.3) is 66.0 Å². The van der Waals surface area contributed by atoms with Crippen LogP contribution in [0.4, 0.5) is 17.1 Å². The molecule has 220 valence electrons. The molecule has 0 bridgehead atoms. The van der Waals surface area contributed by atoms with Crippen molar-refractivity contribution in [1.29, 1.82) is 0 Å². The Kier molecular flexibility index (Phi) is 5.54. The predicted octanol–water partition coefficient (Wildman–Crippen LogP) is 12.2. The molecule has 0 N–H and O–H groups in total. The molecule has 1 aliphatic rings. The quantitative estimate of drug-likeness (QED) is 0.189. The number of aromatic nitrogens is 1. The molecule has 2 aromatic heterocycles. The number of furan rings is 1. The van der Waals surface area contributed by atoms with Crippen LogP contribution in [0.15, 0.2) is 162 Å². The zero-order valence-electron chi connectivity index (χ0n) is 25.2. The molecule has 0 amide bonds. The van der Waals surface area contributed by atoms with Crippen LogP contribution in [0.2, 0.25) is 0 Å². The number of rotatable bonds is 3. The fourth-order valence-corrected chi connectivity index (χ4v) is 7.11. The third-order valence-corrected chi connectivity index (χ3v) is 9.22. The Morgan fingerprint density at radius 3 is 1.96 bits per heavy atom. The van der Waals surface area contributed by atoms with Gasteiger partial charge in [-0.2, -0.15) is 0 Å². The van der Waals surface area contributed by atoms with Crippen molar-refractivity contribution in [2.45, 2.75) is 0 Å². The van der Waals surface area contributed by atoms with Gasteiger partial charge in [-0.3, -0.25) is 0 Å². The second-order valence-electron chi connectivity index (χ2n) is 11.9. The number of nitrogens with zero attached hydrogens (tertiary/aromatic N) is 2. The fourth-order valence-electron chi connectivity index (χ4n) is 7.11. The van der Waals surface area contributed by atoms with Crippen molar-refractivity contribution in [3.05, 3.63) is 158 Å². The Morgan fingerprint density at radius 2 is 1.13 bits per heavy atom. The van der Waals surface area contributed by atoms with Gasteiger partial charge >= 0.3 is 0 Å². The van der Waals surface area contributed by atoms with E-state index in [1.54, 1.807) is 0 Å². The van der Waals surface area contributed by atoms with Crippen LogP contribution in [0.1, 0.15) is 0 Å². The average molecular weight is 603 g/mol. The van der Waals surface area contributed by atoms with Gasteiger partial charge in [0.05, 0.1) is 22.6 Å². The molecule has 4 nitrogen and oxygen atoms in total. The Hall–Kier alpha value is -6.39. The zero-order chi connectivity index (χ0) is 30.9. The first-order chi connectivity index (χ1) is 23.3. The van der Waals surface area contributed by atoms with E-state index >= 15 is 0 Å². The molecule has 47 heavy (non-hydrogen) atoms. The smallest absolute Gasteiger partial charge is 0.151 e. The second kappa shape index (κ2) is 10.1. The van der Waals surface area contributed by atoms with E-state index in [4.69, 9.17) is 14.1 Å². The minimum Gasteiger partial charge on any atom is -0.456 e. The van der Waals surface area contributed by atoms with E-state index in [2.05, 4.69) is 120 Å². The molecule has 4 heteroatoms. The molecule has 3 heterocycles. The summed E-state index contributed by atoms with van der Waals surface area (Å²) in [7, 11) is 0. The van der Waals surface area contributed by atoms with Gasteiger partial charge in [-0.15, -0.1) is 0 Å². The number of benzene rings is 7. The maximum Gasteiger partial charge on any atom is 0.151 e. The van der Waals surface area contributed by atoms with Crippen molar-refractivity contribution in [1.82, 2.24) is 4.98 Å². The normalized spacial score (nSPS) is 12.4. The first kappa shape index (κ1) is 25.9. The van der Waals surface area contributed by atoms with E-state index in [-0.39, 0.29) is 0 Å². The summed E-state index contributed by atoms with van der Waals surface area (Å²) in [5.74, 6) is 1.68. The van der Waals surface area contributed by atoms with Crippen molar-refractivity contribution >= 4 is 60.7 Å². The van der Waals surface area contributed by atoms with Crippen LogP contribution in [0.5, 0.6) is 11.5 Å². The largest absolute Gasteiger partial charge is 0.456 e. The highest BCUT2D eigenvalue weighted by Gasteiger charge is 2.25. The van der Waals surface area contributed by atoms with Crippen LogP contribution in [0.3, 0.4) is 0 Å². The zero-order valence-corrected chi connectivity index (χ0v) is 25.2. The van der Waals surface area contributed by atoms with Crippen molar-refractivity contribution in [3.63, 3.8) is 0 Å². The van der Waals surface area contributed by atoms with Gasteiger partial charge in [0.1, 0.15) is 11.2 Å². The topological polar surface area (TPSA) is 38.5 Å². The van der Waals surface area contributed by atoms with Gasteiger partial charge < -0.3 is 14.1 Å². The molecular weight excluding hydrogens is 576 g/mol. The lowest BCUT2D eigenvalue weighted by Crippen LogP contribution is -2.15. The Bertz CT molecular complexity index is 2630. The lowest BCUT2D eigenvalue weighted by Gasteiger charge is -2.33. The molecular formula is C43H26N2O2. The molecule has 0 aliphatic carbocycles. The Morgan fingerprint density at radius 1 is 0.447 bits per heavy atom. The van der Waals surface area contributed by atoms with E-state index in [1.807, 2.05) is 42.5 Å². The van der Waals surface area contributed by atoms with Crippen LogP contribution in [-0.4, -0.2) is 4.98 Å². The van der Waals surface area contributed by atoms with E-state index in [1.165, 1.54) is 0 Å². The monoisotopic (exact) mass is 602 g/mol. The van der Waals surface area contributed by atoms with E-state index in [0.29, 0.717) is 0 Å². The average Bonchev–Trinajstić information content (AvgIpc) is 3.52. The molecule has 0 saturated heterocycles. The lowest BCUT2D eigenvalue weighted by molar-refractivity contribution is 0.477. The first-order valence-corrected chi connectivity index (χ1v) is 15.8. The summed E-state index contributed by atoms with van der Waals surface area (Å²) < 4.78 is 12.6. The van der Waals surface area contributed by atoms with E-state index in [0.717, 1.165) is 94.6 Å². The molecule has 0 radical (unpaired) electrons. The fraction of sp³-hybridized carbons (Fsp3) is 0. The van der Waals surface area contributed by atoms with Gasteiger partial charge in [0.2, 0.25) is 0 Å². The molecule has 0 atom stereocenters. The molecule has 0 fully saturated rings. The predicted molar refractivity (Wildman–Crippen MR) is 192 cm³/mol. The van der Waals surface area contributed by atoms with Crippen LogP contribution < -0.4 is 9.64 Å². The SMILES string of the molecule is c1ccc(-c2nc3cc(-c4cccc(N5c6ccccc6Oc6ccccc65)c4)ccc3c3c2ccc2oc4ccccc4c23)cc1. The first-order valence-electron chi connectivity index (χ1n) is 15.8. The number of pyridine rings is 1. The van der Waals surface area contributed by atoms with Gasteiger partial charge in [-0.05, 0) is 71.8 Å². The molecule has 7 aromatic carbocycles. The summed E-state index contributed by atoms with van der Waals surface area (Å²) in [6.45, 7) is 0. The molecule has 9 aromatic rings. The van der Waals surface area contributed by atoms with Gasteiger partial charge in [-0.1, -0.05) is 97.1 Å². The van der Waals surface area contributed by atoms with Gasteiger partial charge in [-0.25, -0.2) is 4.98 Å². The number of anilines is 3. The number of ether oxygens (including phenoxy) is 1. The van der Waals surface area contributed by atoms with Crippen molar-refractivity contribution in [3.8, 4) is 33.9 Å². The van der Waals surface area contributed by atoms with Gasteiger partial charge in [0.15, 0.2) is 11.5 Å². The standard InChI is InChI=1S/C43H26N2O2/c1-2-11-27(12-3-1)43-33-23-24-40-42(32-15-4-7-18-37(32)46-40)41(33)31-22-21-29(26-34(31)44-43)28-13-10-14-30(25-28)45-35-16-5-8-19-38(35)47-39-20-9-6-17-36(39)45/h1-26H. The summed E-state index contributed by atoms with van der Waals surface area (Å²) in [4.78, 5) is 7.62. The van der Waals surface area contributed by atoms with Crippen LogP contribution in [-0.2, 0) is 0 Å². The summed E-state index contributed by atoms with van der Waals surface area (Å²) in [5.41, 5.74) is 10.1. The molecule has 10 rings (SSSR count). The van der Waals surface area contributed by atoms with E-state index in [9.17, 15) is 0 Å². The van der Waals surface area contributed by atoms with Crippen molar-refractivity contribution in [2.24, 2.45) is 0 Å². The number of hydrogen-bond donors (Lipinski definition) is 0. The molecule has 1 aliphatic heterocycles. The molecule has 0 unspecified atom stereocenters. The Labute approximate surface area is 270 Å². The van der Waals surface area contributed by atoms with E-state index < -0.39 is 0 Å². The Balaban J connectivity index is 1.20. The molecule has 0 saturated carbocycles. The number of hydrogen-bond acceptors (Lipinski definition) is 4. The van der Waals surface area contributed by atoms with Gasteiger partial charge in [0, 0.05) is 38.2 Å². The van der Waals surface area contributed by atoms with Crippen molar-refractivity contribution in [2.75, 3.05) is 4.90 Å². The summed E-state index contributed by atoms with van der Waals surface area (Å²) in [5, 5.41) is 5.62. The van der Waals surface area contributed by atoms with Crippen molar-refractivity contribution < 1.29 is 9.15 Å². The maximum atomic E-state index is 6.33. The third kappa shape index (κ3) is 3.98. The highest BCUT2D eigenvalue weighted by molar-refractivity contribution is 6.28. The number of para-hydroxylation sites is 5. The lowest BCUT2D eigenvalue weighted by atomic mass is 9.94. The summed E-state index contributed by atoms with van der Waals surface area (Å²) >= 11 is 0. The van der Waals surface area contributed by atoms with Crippen LogP contribution in [0, 0.1) is 0 Å². The third-order valence-electron chi connectivity index (χ3n) is 9.22. The summed E-state index contributed by atoms with van der Waals surface area (Å²) in [6.07, 6.45) is 0. The summed E-state index contributed by atoms with van der Waals surface area (Å²) in [6, 6.07) is 54.7. The highest BCUT2D eigenvalue weighted by Crippen LogP contribution is 2.50. The molecule has 0 spiro atoms. The number of fused-ring (bicyclic) bond motifs is 9. The second-order valence-corrected chi connectivity index (χ2v) is 11.9. The maximum absolute atomic E-state index is 6.33. The van der Waals surface area contributed by atoms with Gasteiger partial charge in [0.25, 0.3) is 0 Å².